The summed E-state index contributed by atoms with van der Waals surface area (Å²) in [5, 5.41) is 10.6. The van der Waals surface area contributed by atoms with Gasteiger partial charge in [-0.15, -0.1) is 0 Å². The quantitative estimate of drug-likeness (QED) is 0.0222. The van der Waals surface area contributed by atoms with Gasteiger partial charge in [0.2, 0.25) is 0 Å². The molecular formula is C83H162O17P2. The molecule has 0 aromatic rings. The number of carbonyl (C=O) groups excluding carboxylic acids is 4. The van der Waals surface area contributed by atoms with Crippen LogP contribution in [0.4, 0.5) is 0 Å². The molecule has 19 heteroatoms. The fourth-order valence-electron chi connectivity index (χ4n) is 12.9. The molecule has 0 heterocycles. The summed E-state index contributed by atoms with van der Waals surface area (Å²) in [6.45, 7) is 9.67. The molecule has 0 rings (SSSR count). The van der Waals surface area contributed by atoms with Crippen LogP contribution in [0.3, 0.4) is 0 Å². The summed E-state index contributed by atoms with van der Waals surface area (Å²) >= 11 is 0. The van der Waals surface area contributed by atoms with E-state index in [0.717, 1.165) is 115 Å². The average Bonchev–Trinajstić information content (AvgIpc) is 0.917. The van der Waals surface area contributed by atoms with Crippen molar-refractivity contribution in [1.29, 1.82) is 0 Å². The first kappa shape index (κ1) is 100. The fourth-order valence-corrected chi connectivity index (χ4v) is 14.4. The van der Waals surface area contributed by atoms with Gasteiger partial charge in [-0.25, -0.2) is 9.13 Å². The van der Waals surface area contributed by atoms with Crippen LogP contribution < -0.4 is 0 Å². The zero-order chi connectivity index (χ0) is 74.9. The molecule has 0 bridgehead atoms. The number of esters is 4. The lowest BCUT2D eigenvalue weighted by Crippen LogP contribution is -2.30. The number of unbranched alkanes of at least 4 members (excludes halogenated alkanes) is 51. The second-order valence-corrected chi connectivity index (χ2v) is 33.5. The minimum absolute atomic E-state index is 0.106. The molecule has 6 atom stereocenters. The minimum Gasteiger partial charge on any atom is -0.462 e. The van der Waals surface area contributed by atoms with Gasteiger partial charge in [0.25, 0.3) is 0 Å². The molecule has 606 valence electrons. The van der Waals surface area contributed by atoms with Crippen molar-refractivity contribution in [3.05, 3.63) is 0 Å². The van der Waals surface area contributed by atoms with Gasteiger partial charge in [-0.3, -0.25) is 37.3 Å². The lowest BCUT2D eigenvalue weighted by Gasteiger charge is -2.21. The third kappa shape index (κ3) is 74.9. The van der Waals surface area contributed by atoms with E-state index in [9.17, 15) is 43.2 Å². The van der Waals surface area contributed by atoms with Crippen LogP contribution in [-0.4, -0.2) is 96.7 Å². The second-order valence-electron chi connectivity index (χ2n) is 30.6. The zero-order valence-electron chi connectivity index (χ0n) is 66.9. The number of aliphatic hydroxyl groups excluding tert-OH is 1. The molecule has 0 saturated heterocycles. The maximum absolute atomic E-state index is 13.1. The molecule has 0 amide bonds. The molecule has 0 spiro atoms. The lowest BCUT2D eigenvalue weighted by molar-refractivity contribution is -0.161. The average molecular weight is 1490 g/mol. The topological polar surface area (TPSA) is 237 Å². The number of hydrogen-bond donors (Lipinski definition) is 3. The van der Waals surface area contributed by atoms with Gasteiger partial charge in [0, 0.05) is 25.7 Å². The second kappa shape index (κ2) is 74.5. The third-order valence-electron chi connectivity index (χ3n) is 19.8. The Bertz CT molecular complexity index is 1960. The van der Waals surface area contributed by atoms with Crippen molar-refractivity contribution in [2.24, 2.45) is 11.8 Å². The third-order valence-corrected chi connectivity index (χ3v) is 21.7. The maximum Gasteiger partial charge on any atom is 0.472 e. The summed E-state index contributed by atoms with van der Waals surface area (Å²) in [6, 6.07) is 0. The van der Waals surface area contributed by atoms with Crippen LogP contribution >= 0.6 is 15.6 Å². The largest absolute Gasteiger partial charge is 0.472 e. The molecule has 0 saturated carbocycles. The van der Waals surface area contributed by atoms with E-state index < -0.39 is 97.5 Å². The number of rotatable bonds is 82. The summed E-state index contributed by atoms with van der Waals surface area (Å²) in [7, 11) is -9.92. The molecule has 17 nitrogen and oxygen atoms in total. The first-order valence-corrected chi connectivity index (χ1v) is 46.0. The molecule has 0 radical (unpaired) electrons. The van der Waals surface area contributed by atoms with Crippen LogP contribution in [0, 0.1) is 11.8 Å². The van der Waals surface area contributed by atoms with Crippen LogP contribution in [0.5, 0.6) is 0 Å². The van der Waals surface area contributed by atoms with Crippen LogP contribution in [0.15, 0.2) is 0 Å². The van der Waals surface area contributed by atoms with Gasteiger partial charge >= 0.3 is 39.5 Å². The monoisotopic (exact) mass is 1490 g/mol. The van der Waals surface area contributed by atoms with E-state index in [1.807, 2.05) is 0 Å². The van der Waals surface area contributed by atoms with E-state index >= 15 is 0 Å². The van der Waals surface area contributed by atoms with Crippen LogP contribution in [-0.2, 0) is 65.4 Å². The van der Waals surface area contributed by atoms with Gasteiger partial charge in [-0.05, 0) is 37.5 Å². The van der Waals surface area contributed by atoms with Crippen molar-refractivity contribution in [1.82, 2.24) is 0 Å². The summed E-state index contributed by atoms with van der Waals surface area (Å²) in [5.41, 5.74) is 0. The highest BCUT2D eigenvalue weighted by molar-refractivity contribution is 7.47. The Morgan fingerprint density at radius 2 is 0.500 bits per heavy atom. The highest BCUT2D eigenvalue weighted by Crippen LogP contribution is 2.45. The molecule has 0 fully saturated rings. The normalized spacial score (nSPS) is 14.1. The Hall–Kier alpha value is -1.94. The van der Waals surface area contributed by atoms with Crippen molar-refractivity contribution >= 4 is 39.5 Å². The molecule has 0 aliphatic heterocycles. The van der Waals surface area contributed by atoms with E-state index in [2.05, 4.69) is 41.5 Å². The van der Waals surface area contributed by atoms with E-state index in [1.54, 1.807) is 0 Å². The van der Waals surface area contributed by atoms with Gasteiger partial charge in [0.05, 0.1) is 26.4 Å². The molecule has 3 N–H and O–H groups in total. The number of phosphoric ester groups is 2. The van der Waals surface area contributed by atoms with Crippen molar-refractivity contribution in [3.63, 3.8) is 0 Å². The predicted octanol–water partition coefficient (Wildman–Crippen LogP) is 25.1. The minimum atomic E-state index is -4.96. The molecule has 0 aromatic carbocycles. The number of aliphatic hydroxyl groups is 1. The maximum atomic E-state index is 13.1. The van der Waals surface area contributed by atoms with E-state index in [-0.39, 0.29) is 25.7 Å². The molecule has 0 aromatic heterocycles. The number of ether oxygens (including phenoxy) is 4. The smallest absolute Gasteiger partial charge is 0.462 e. The van der Waals surface area contributed by atoms with Crippen molar-refractivity contribution in [3.8, 4) is 0 Å². The molecule has 0 aliphatic rings. The van der Waals surface area contributed by atoms with Gasteiger partial charge in [-0.1, -0.05) is 388 Å². The van der Waals surface area contributed by atoms with Gasteiger partial charge in [0.1, 0.15) is 19.3 Å². The summed E-state index contributed by atoms with van der Waals surface area (Å²) in [4.78, 5) is 72.9. The first-order valence-electron chi connectivity index (χ1n) is 43.0. The predicted molar refractivity (Wildman–Crippen MR) is 418 cm³/mol. The highest BCUT2D eigenvalue weighted by Gasteiger charge is 2.30. The molecule has 3 unspecified atom stereocenters. The Morgan fingerprint density at radius 1 is 0.284 bits per heavy atom. The number of hydrogen-bond acceptors (Lipinski definition) is 15. The van der Waals surface area contributed by atoms with E-state index in [0.29, 0.717) is 25.7 Å². The molecule has 0 aliphatic carbocycles. The summed E-state index contributed by atoms with van der Waals surface area (Å²) in [6.07, 6.45) is 65.5. The van der Waals surface area contributed by atoms with Gasteiger partial charge in [-0.2, -0.15) is 0 Å². The zero-order valence-corrected chi connectivity index (χ0v) is 68.7. The summed E-state index contributed by atoms with van der Waals surface area (Å²) in [5.74, 6) is -0.475. The lowest BCUT2D eigenvalue weighted by atomic mass is 9.99. The SMILES string of the molecule is CCCCCCCCCCCCCCCCCCCCCC(=O)OC[C@H](COP(=O)(O)OC[C@@H](O)COP(=O)(O)OC[C@@H](COC(=O)CCCCCCCCC)OC(=O)CCCCCCCCCCCCCC(C)C)OC(=O)CCCCCCCCCCCCCCCCCCCCC(C)CC. The van der Waals surface area contributed by atoms with Crippen molar-refractivity contribution < 1.29 is 80.2 Å². The Morgan fingerprint density at radius 3 is 0.745 bits per heavy atom. The summed E-state index contributed by atoms with van der Waals surface area (Å²) < 4.78 is 68.6. The van der Waals surface area contributed by atoms with Crippen molar-refractivity contribution in [2.45, 2.75) is 458 Å². The molecule has 102 heavy (non-hydrogen) atoms. The van der Waals surface area contributed by atoms with Crippen molar-refractivity contribution in [2.75, 3.05) is 39.6 Å². The number of phosphoric acid groups is 2. The standard InChI is InChI=1S/C83H162O17P2/c1-7-10-12-14-16-17-18-19-20-21-22-26-29-32-37-42-48-54-60-66-81(86)94-72-79(100-82(87)67-61-55-49-43-38-33-30-27-24-23-25-28-31-36-41-47-52-58-64-76(6)9-3)74-98-102(91,92)96-70-77(84)69-95-101(89,90)97-73-78(71-93-80(85)65-59-53-45-15-13-11-8-2)99-83(88)68-62-56-50-44-39-34-35-40-46-51-57-63-75(4)5/h75-79,84H,7-74H2,1-6H3,(H,89,90)(H,91,92)/t76?,77-,78+,79+/m0/s1. The Labute approximate surface area is 626 Å². The fraction of sp³-hybridized carbons (Fsp3) is 0.952. The first-order chi connectivity index (χ1) is 49.4. The van der Waals surface area contributed by atoms with E-state index in [4.69, 9.17) is 37.0 Å². The van der Waals surface area contributed by atoms with Crippen LogP contribution in [0.1, 0.15) is 440 Å². The van der Waals surface area contributed by atoms with E-state index in [1.165, 1.54) is 244 Å². The van der Waals surface area contributed by atoms with Crippen LogP contribution in [0.25, 0.3) is 0 Å². The molecular weight excluding hydrogens is 1330 g/mol. The highest BCUT2D eigenvalue weighted by atomic mass is 31.2. The van der Waals surface area contributed by atoms with Gasteiger partial charge < -0.3 is 33.8 Å². The van der Waals surface area contributed by atoms with Crippen LogP contribution in [0.2, 0.25) is 0 Å². The van der Waals surface area contributed by atoms with Gasteiger partial charge in [0.15, 0.2) is 12.2 Å². The number of carbonyl (C=O) groups is 4. The Kier molecular flexibility index (Phi) is 73.1. The Balaban J connectivity index is 5.16.